The molecule has 3 rings (SSSR count). The number of amides is 1. The molecule has 7 nitrogen and oxygen atoms in total. The Kier molecular flexibility index (Phi) is 4.45. The van der Waals surface area contributed by atoms with Crippen LogP contribution in [0.25, 0.3) is 11.5 Å². The molecule has 1 aromatic carbocycles. The average molecular weight is 302 g/mol. The lowest BCUT2D eigenvalue weighted by atomic mass is 10.2. The van der Waals surface area contributed by atoms with Gasteiger partial charge in [0.15, 0.2) is 0 Å². The molecule has 1 fully saturated rings. The maximum Gasteiger partial charge on any atom is 0.248 e. The van der Waals surface area contributed by atoms with Gasteiger partial charge in [-0.2, -0.15) is 0 Å². The van der Waals surface area contributed by atoms with E-state index in [1.165, 1.54) is 0 Å². The van der Waals surface area contributed by atoms with Crippen LogP contribution in [-0.2, 0) is 11.3 Å². The van der Waals surface area contributed by atoms with E-state index < -0.39 is 6.61 Å². The van der Waals surface area contributed by atoms with Crippen LogP contribution in [0, 0.1) is 0 Å². The van der Waals surface area contributed by atoms with Crippen molar-refractivity contribution in [2.45, 2.75) is 6.54 Å². The summed E-state index contributed by atoms with van der Waals surface area (Å²) in [5.41, 5.74) is 0.902. The predicted octanol–water partition coefficient (Wildman–Crippen LogP) is 0.373. The van der Waals surface area contributed by atoms with Gasteiger partial charge in [0, 0.05) is 31.7 Å². The second kappa shape index (κ2) is 6.67. The number of aliphatic hydroxyl groups excluding tert-OH is 1. The van der Waals surface area contributed by atoms with E-state index in [0.717, 1.165) is 18.7 Å². The molecule has 0 aliphatic carbocycles. The number of aromatic nitrogens is 2. The number of nitrogens with zero attached hydrogens (tertiary/aromatic N) is 4. The fourth-order valence-electron chi connectivity index (χ4n) is 2.46. The van der Waals surface area contributed by atoms with Gasteiger partial charge in [0.1, 0.15) is 6.61 Å². The number of carbonyl (C=O) groups is 1. The molecule has 1 N–H and O–H groups in total. The van der Waals surface area contributed by atoms with Crippen LogP contribution in [0.3, 0.4) is 0 Å². The van der Waals surface area contributed by atoms with Crippen LogP contribution in [0.2, 0.25) is 0 Å². The van der Waals surface area contributed by atoms with E-state index in [1.807, 2.05) is 30.3 Å². The highest BCUT2D eigenvalue weighted by Crippen LogP contribution is 2.18. The number of benzene rings is 1. The minimum atomic E-state index is -0.426. The first-order chi connectivity index (χ1) is 10.8. The van der Waals surface area contributed by atoms with Crippen LogP contribution < -0.4 is 0 Å². The topological polar surface area (TPSA) is 82.7 Å². The summed E-state index contributed by atoms with van der Waals surface area (Å²) in [4.78, 5) is 15.2. The van der Waals surface area contributed by atoms with Gasteiger partial charge in [0.25, 0.3) is 0 Å². The molecule has 0 saturated carbocycles. The SMILES string of the molecule is O=C(CO)N1CCN(Cc2nnc(-c3ccccc3)o2)CC1. The fourth-order valence-corrected chi connectivity index (χ4v) is 2.46. The highest BCUT2D eigenvalue weighted by Gasteiger charge is 2.21. The minimum Gasteiger partial charge on any atom is -0.419 e. The Morgan fingerprint density at radius 1 is 1.14 bits per heavy atom. The molecule has 0 atom stereocenters. The van der Waals surface area contributed by atoms with Crippen molar-refractivity contribution in [3.63, 3.8) is 0 Å². The van der Waals surface area contributed by atoms with Crippen LogP contribution in [0.15, 0.2) is 34.7 Å². The number of rotatable bonds is 4. The van der Waals surface area contributed by atoms with Gasteiger partial charge in [-0.1, -0.05) is 18.2 Å². The van der Waals surface area contributed by atoms with E-state index in [1.54, 1.807) is 4.90 Å². The number of carbonyl (C=O) groups excluding carboxylic acids is 1. The molecule has 1 aromatic heterocycles. The van der Waals surface area contributed by atoms with Crippen LogP contribution in [-0.4, -0.2) is 63.8 Å². The summed E-state index contributed by atoms with van der Waals surface area (Å²) in [7, 11) is 0. The van der Waals surface area contributed by atoms with Crippen molar-refractivity contribution in [3.05, 3.63) is 36.2 Å². The van der Waals surface area contributed by atoms with Crippen LogP contribution in [0.1, 0.15) is 5.89 Å². The van der Waals surface area contributed by atoms with E-state index in [2.05, 4.69) is 15.1 Å². The van der Waals surface area contributed by atoms with Gasteiger partial charge < -0.3 is 14.4 Å². The van der Waals surface area contributed by atoms with Crippen LogP contribution >= 0.6 is 0 Å². The summed E-state index contributed by atoms with van der Waals surface area (Å²) < 4.78 is 5.68. The highest BCUT2D eigenvalue weighted by atomic mass is 16.4. The Hall–Kier alpha value is -2.25. The second-order valence-corrected chi connectivity index (χ2v) is 5.18. The molecule has 0 radical (unpaired) electrons. The molecule has 116 valence electrons. The smallest absolute Gasteiger partial charge is 0.248 e. The molecule has 1 aliphatic rings. The molecule has 2 heterocycles. The maximum absolute atomic E-state index is 11.4. The largest absolute Gasteiger partial charge is 0.419 e. The van der Waals surface area contributed by atoms with Crippen LogP contribution in [0.4, 0.5) is 0 Å². The quantitative estimate of drug-likeness (QED) is 0.879. The van der Waals surface area contributed by atoms with Gasteiger partial charge in [0.05, 0.1) is 6.54 Å². The lowest BCUT2D eigenvalue weighted by Gasteiger charge is -2.33. The van der Waals surface area contributed by atoms with E-state index in [4.69, 9.17) is 9.52 Å². The third-order valence-corrected chi connectivity index (χ3v) is 3.71. The number of hydrogen-bond donors (Lipinski definition) is 1. The Balaban J connectivity index is 1.57. The maximum atomic E-state index is 11.4. The summed E-state index contributed by atoms with van der Waals surface area (Å²) >= 11 is 0. The van der Waals surface area contributed by atoms with E-state index in [-0.39, 0.29) is 5.91 Å². The monoisotopic (exact) mass is 302 g/mol. The number of aliphatic hydroxyl groups is 1. The lowest BCUT2D eigenvalue weighted by molar-refractivity contribution is -0.136. The molecule has 1 aliphatic heterocycles. The van der Waals surface area contributed by atoms with Gasteiger partial charge in [-0.25, -0.2) is 0 Å². The number of piperazine rings is 1. The van der Waals surface area contributed by atoms with Crippen molar-refractivity contribution < 1.29 is 14.3 Å². The zero-order valence-electron chi connectivity index (χ0n) is 12.2. The fraction of sp³-hybridized carbons (Fsp3) is 0.400. The third-order valence-electron chi connectivity index (χ3n) is 3.71. The molecular formula is C15H18N4O3. The summed E-state index contributed by atoms with van der Waals surface area (Å²) in [5.74, 6) is 0.870. The minimum absolute atomic E-state index is 0.219. The summed E-state index contributed by atoms with van der Waals surface area (Å²) in [5, 5.41) is 17.0. The van der Waals surface area contributed by atoms with Gasteiger partial charge in [0.2, 0.25) is 17.7 Å². The molecule has 1 saturated heterocycles. The van der Waals surface area contributed by atoms with Gasteiger partial charge >= 0.3 is 0 Å². The van der Waals surface area contributed by atoms with Crippen LogP contribution in [0.5, 0.6) is 0 Å². The first-order valence-corrected chi connectivity index (χ1v) is 7.25. The molecule has 0 spiro atoms. The van der Waals surface area contributed by atoms with Gasteiger partial charge in [-0.15, -0.1) is 10.2 Å². The molecule has 2 aromatic rings. The first kappa shape index (κ1) is 14.7. The first-order valence-electron chi connectivity index (χ1n) is 7.25. The Morgan fingerprint density at radius 3 is 2.55 bits per heavy atom. The number of hydrogen-bond acceptors (Lipinski definition) is 6. The second-order valence-electron chi connectivity index (χ2n) is 5.18. The van der Waals surface area contributed by atoms with E-state index >= 15 is 0 Å². The molecule has 0 unspecified atom stereocenters. The van der Waals surface area contributed by atoms with Gasteiger partial charge in [-0.3, -0.25) is 9.69 Å². The Bertz CT molecular complexity index is 621. The van der Waals surface area contributed by atoms with Crippen molar-refractivity contribution in [3.8, 4) is 11.5 Å². The van der Waals surface area contributed by atoms with Crippen molar-refractivity contribution in [2.75, 3.05) is 32.8 Å². The summed E-state index contributed by atoms with van der Waals surface area (Å²) in [6, 6.07) is 9.65. The van der Waals surface area contributed by atoms with Crippen molar-refractivity contribution in [1.29, 1.82) is 0 Å². The molecule has 22 heavy (non-hydrogen) atoms. The van der Waals surface area contributed by atoms with Crippen molar-refractivity contribution >= 4 is 5.91 Å². The zero-order chi connectivity index (χ0) is 15.4. The normalized spacial score (nSPS) is 16.0. The molecule has 7 heteroatoms. The standard InChI is InChI=1S/C15H18N4O3/c20-11-14(21)19-8-6-18(7-9-19)10-13-16-17-15(22-13)12-4-2-1-3-5-12/h1-5,20H,6-11H2. The molecular weight excluding hydrogens is 284 g/mol. The van der Waals surface area contributed by atoms with E-state index in [9.17, 15) is 4.79 Å². The predicted molar refractivity (Wildman–Crippen MR) is 78.7 cm³/mol. The third kappa shape index (κ3) is 3.32. The van der Waals surface area contributed by atoms with Gasteiger partial charge in [-0.05, 0) is 12.1 Å². The molecule has 1 amide bonds. The lowest BCUT2D eigenvalue weighted by Crippen LogP contribution is -2.49. The summed E-state index contributed by atoms with van der Waals surface area (Å²) in [6.45, 7) is 2.83. The van der Waals surface area contributed by atoms with E-state index in [0.29, 0.717) is 31.4 Å². The van der Waals surface area contributed by atoms with Crippen molar-refractivity contribution in [2.24, 2.45) is 0 Å². The Labute approximate surface area is 128 Å². The summed E-state index contributed by atoms with van der Waals surface area (Å²) in [6.07, 6.45) is 0. The van der Waals surface area contributed by atoms with Crippen molar-refractivity contribution in [1.82, 2.24) is 20.0 Å². The zero-order valence-corrected chi connectivity index (χ0v) is 12.2. The average Bonchev–Trinajstić information content (AvgIpc) is 3.04. The highest BCUT2D eigenvalue weighted by molar-refractivity contribution is 5.77. The Morgan fingerprint density at radius 2 is 1.86 bits per heavy atom. The molecule has 0 bridgehead atoms.